The Labute approximate surface area is 135 Å². The lowest BCUT2D eigenvalue weighted by molar-refractivity contribution is -0.137. The van der Waals surface area contributed by atoms with Crippen LogP contribution in [0, 0.1) is 6.92 Å². The first kappa shape index (κ1) is 16.8. The summed E-state index contributed by atoms with van der Waals surface area (Å²) in [5.41, 5.74) is 1.23. The fraction of sp³-hybridized carbons (Fsp3) is 0.267. The third kappa shape index (κ3) is 4.19. The summed E-state index contributed by atoms with van der Waals surface area (Å²) < 4.78 is 6.68. The van der Waals surface area contributed by atoms with Gasteiger partial charge >= 0.3 is 16.8 Å². The first-order valence-electron chi connectivity index (χ1n) is 6.75. The number of aliphatic carboxylic acids is 1. The Hall–Kier alpha value is -2.61. The molecule has 0 saturated heterocycles. The summed E-state index contributed by atoms with van der Waals surface area (Å²) in [7, 11) is 0. The summed E-state index contributed by atoms with van der Waals surface area (Å²) >= 11 is 0.573. The van der Waals surface area contributed by atoms with Gasteiger partial charge in [-0.25, -0.2) is 4.79 Å². The van der Waals surface area contributed by atoms with E-state index in [2.05, 4.69) is 0 Å². The highest BCUT2D eigenvalue weighted by Gasteiger charge is 2.21. The molecule has 2 aromatic rings. The van der Waals surface area contributed by atoms with E-state index in [0.29, 0.717) is 17.1 Å². The predicted octanol–water partition coefficient (Wildman–Crippen LogP) is 1.97. The lowest BCUT2D eigenvalue weighted by Crippen LogP contribution is -2.19. The molecule has 7 nitrogen and oxygen atoms in total. The molecule has 1 aromatic heterocycles. The smallest absolute Gasteiger partial charge is 0.348 e. The molecule has 0 unspecified atom stereocenters. The van der Waals surface area contributed by atoms with Crippen LogP contribution >= 0.6 is 11.3 Å². The number of nitrogens with zero attached hydrogens (tertiary/aromatic N) is 1. The number of hydrogen-bond donors (Lipinski definition) is 2. The molecule has 0 amide bonds. The number of aromatic carboxylic acids is 1. The van der Waals surface area contributed by atoms with Crippen LogP contribution in [0.25, 0.3) is 0 Å². The van der Waals surface area contributed by atoms with E-state index in [1.54, 1.807) is 12.1 Å². The maximum atomic E-state index is 11.9. The van der Waals surface area contributed by atoms with Crippen molar-refractivity contribution in [2.24, 2.45) is 0 Å². The molecule has 2 N–H and O–H groups in total. The molecular weight excluding hydrogens is 322 g/mol. The van der Waals surface area contributed by atoms with E-state index in [1.165, 1.54) is 0 Å². The van der Waals surface area contributed by atoms with E-state index in [4.69, 9.17) is 9.84 Å². The highest BCUT2D eigenvalue weighted by Crippen LogP contribution is 2.18. The number of carbonyl (C=O) groups is 2. The molecule has 0 atom stereocenters. The van der Waals surface area contributed by atoms with Crippen molar-refractivity contribution in [3.63, 3.8) is 0 Å². The van der Waals surface area contributed by atoms with E-state index in [0.717, 1.165) is 10.1 Å². The van der Waals surface area contributed by atoms with Crippen molar-refractivity contribution in [1.82, 2.24) is 4.57 Å². The first-order valence-corrected chi connectivity index (χ1v) is 7.57. The molecule has 1 heterocycles. The minimum atomic E-state index is -1.23. The number of aryl methyl sites for hydroxylation is 1. The highest BCUT2D eigenvalue weighted by atomic mass is 32.1. The van der Waals surface area contributed by atoms with Gasteiger partial charge in [0.25, 0.3) is 0 Å². The van der Waals surface area contributed by atoms with Crippen molar-refractivity contribution in [1.29, 1.82) is 0 Å². The summed E-state index contributed by atoms with van der Waals surface area (Å²) in [4.78, 5) is 33.2. The quantitative estimate of drug-likeness (QED) is 0.800. The van der Waals surface area contributed by atoms with Gasteiger partial charge in [-0.1, -0.05) is 29.0 Å². The fourth-order valence-electron chi connectivity index (χ4n) is 1.96. The molecule has 8 heteroatoms. The summed E-state index contributed by atoms with van der Waals surface area (Å²) in [5.74, 6) is -1.76. The van der Waals surface area contributed by atoms with Gasteiger partial charge in [0.15, 0.2) is 0 Å². The van der Waals surface area contributed by atoms with Crippen LogP contribution in [-0.2, 0) is 17.9 Å². The molecule has 2 rings (SSSR count). The normalized spacial score (nSPS) is 10.5. The Bertz CT molecular complexity index is 774. The minimum Gasteiger partial charge on any atom is -0.487 e. The molecule has 0 aliphatic heterocycles. The molecule has 0 bridgehead atoms. The number of ether oxygens (including phenoxy) is 1. The number of thiazole rings is 1. The maximum absolute atomic E-state index is 11.9. The topological polar surface area (TPSA) is 106 Å². The average Bonchev–Trinajstić information content (AvgIpc) is 2.81. The van der Waals surface area contributed by atoms with Crippen LogP contribution in [-0.4, -0.2) is 26.7 Å². The Balaban J connectivity index is 2.26. The van der Waals surface area contributed by atoms with Gasteiger partial charge in [-0.15, -0.1) is 0 Å². The number of aromatic nitrogens is 1. The van der Waals surface area contributed by atoms with Gasteiger partial charge in [0.2, 0.25) is 0 Å². The van der Waals surface area contributed by atoms with Crippen LogP contribution in [0.4, 0.5) is 0 Å². The summed E-state index contributed by atoms with van der Waals surface area (Å²) in [6, 6.07) is 7.17. The van der Waals surface area contributed by atoms with Crippen molar-refractivity contribution in [3.8, 4) is 5.75 Å². The zero-order chi connectivity index (χ0) is 17.0. The number of carboxylic acids is 2. The molecule has 0 aliphatic rings. The van der Waals surface area contributed by atoms with Gasteiger partial charge in [0.05, 0.1) is 12.1 Å². The van der Waals surface area contributed by atoms with Crippen LogP contribution in [0.3, 0.4) is 0 Å². The zero-order valence-corrected chi connectivity index (χ0v) is 13.1. The third-order valence-electron chi connectivity index (χ3n) is 3.14. The van der Waals surface area contributed by atoms with E-state index in [-0.39, 0.29) is 30.1 Å². The van der Waals surface area contributed by atoms with E-state index in [9.17, 15) is 19.5 Å². The number of hydrogen-bond acceptors (Lipinski definition) is 5. The highest BCUT2D eigenvalue weighted by molar-refractivity contribution is 7.11. The second-order valence-electron chi connectivity index (χ2n) is 4.85. The Morgan fingerprint density at radius 2 is 1.87 bits per heavy atom. The third-order valence-corrected chi connectivity index (χ3v) is 4.15. The molecule has 0 radical (unpaired) electrons. The standard InChI is InChI=1S/C15H15NO6S/c1-9-2-4-10(5-3-9)22-8-11-13(14(19)20)23-15(21)16(11)7-6-12(17)18/h2-5H,6-8H2,1H3,(H,17,18)(H,19,20). The van der Waals surface area contributed by atoms with Crippen LogP contribution in [0.15, 0.2) is 29.1 Å². The van der Waals surface area contributed by atoms with Crippen molar-refractivity contribution < 1.29 is 24.5 Å². The van der Waals surface area contributed by atoms with Crippen LogP contribution in [0.1, 0.15) is 27.3 Å². The molecule has 0 aliphatic carbocycles. The van der Waals surface area contributed by atoms with Gasteiger partial charge < -0.3 is 14.9 Å². The van der Waals surface area contributed by atoms with E-state index < -0.39 is 16.8 Å². The van der Waals surface area contributed by atoms with Crippen LogP contribution in [0.2, 0.25) is 0 Å². The van der Waals surface area contributed by atoms with Crippen molar-refractivity contribution >= 4 is 23.3 Å². The predicted molar refractivity (Wildman–Crippen MR) is 83.3 cm³/mol. The largest absolute Gasteiger partial charge is 0.487 e. The van der Waals surface area contributed by atoms with Crippen LogP contribution in [0.5, 0.6) is 5.75 Å². The van der Waals surface area contributed by atoms with E-state index in [1.807, 2.05) is 19.1 Å². The summed E-state index contributed by atoms with van der Waals surface area (Å²) in [6.45, 7) is 1.71. The molecule has 1 aromatic carbocycles. The first-order chi connectivity index (χ1) is 10.9. The summed E-state index contributed by atoms with van der Waals surface area (Å²) in [6.07, 6.45) is -0.271. The fourth-order valence-corrected chi connectivity index (χ4v) is 2.83. The molecule has 0 spiro atoms. The summed E-state index contributed by atoms with van der Waals surface area (Å²) in [5, 5.41) is 17.9. The Kier molecular flexibility index (Phi) is 5.17. The SMILES string of the molecule is Cc1ccc(OCc2c(C(=O)O)sc(=O)n2CCC(=O)O)cc1. The second-order valence-corrected chi connectivity index (χ2v) is 5.81. The lowest BCUT2D eigenvalue weighted by Gasteiger charge is -2.10. The molecular formula is C15H15NO6S. The van der Waals surface area contributed by atoms with Crippen molar-refractivity contribution in [3.05, 3.63) is 50.1 Å². The van der Waals surface area contributed by atoms with Gasteiger partial charge in [-0.3, -0.25) is 14.2 Å². The molecule has 122 valence electrons. The second kappa shape index (κ2) is 7.10. The van der Waals surface area contributed by atoms with Gasteiger partial charge in [0.1, 0.15) is 17.2 Å². The maximum Gasteiger partial charge on any atom is 0.348 e. The molecule has 0 fully saturated rings. The monoisotopic (exact) mass is 337 g/mol. The molecule has 0 saturated carbocycles. The van der Waals surface area contributed by atoms with Gasteiger partial charge in [-0.05, 0) is 19.1 Å². The molecule has 23 heavy (non-hydrogen) atoms. The zero-order valence-electron chi connectivity index (χ0n) is 12.3. The van der Waals surface area contributed by atoms with Crippen molar-refractivity contribution in [2.75, 3.05) is 0 Å². The minimum absolute atomic E-state index is 0.0927. The number of benzene rings is 1. The van der Waals surface area contributed by atoms with Crippen LogP contribution < -0.4 is 9.61 Å². The van der Waals surface area contributed by atoms with E-state index >= 15 is 0 Å². The Morgan fingerprint density at radius 3 is 2.43 bits per heavy atom. The van der Waals surface area contributed by atoms with Crippen molar-refractivity contribution in [2.45, 2.75) is 26.5 Å². The lowest BCUT2D eigenvalue weighted by atomic mass is 10.2. The Morgan fingerprint density at radius 1 is 1.22 bits per heavy atom. The average molecular weight is 337 g/mol. The van der Waals surface area contributed by atoms with Gasteiger partial charge in [-0.2, -0.15) is 0 Å². The number of carboxylic acid groups (broad SMARTS) is 2. The van der Waals surface area contributed by atoms with Gasteiger partial charge in [0, 0.05) is 6.54 Å². The number of rotatable bonds is 7.